The third-order valence-corrected chi connectivity index (χ3v) is 6.13. The van der Waals surface area contributed by atoms with E-state index in [2.05, 4.69) is 10.6 Å². The van der Waals surface area contributed by atoms with Crippen molar-refractivity contribution in [1.29, 1.82) is 0 Å². The Morgan fingerprint density at radius 2 is 1.66 bits per heavy atom. The highest BCUT2D eigenvalue weighted by molar-refractivity contribution is 6.33. The number of carboxylic acid groups (broad SMARTS) is 1. The van der Waals surface area contributed by atoms with Gasteiger partial charge in [-0.15, -0.1) is 0 Å². The molecule has 0 aliphatic heterocycles. The van der Waals surface area contributed by atoms with E-state index < -0.39 is 17.7 Å². The van der Waals surface area contributed by atoms with Crippen LogP contribution < -0.4 is 15.4 Å². The Bertz CT molecular complexity index is 1250. The summed E-state index contributed by atoms with van der Waals surface area (Å²) in [4.78, 5) is 22.7. The van der Waals surface area contributed by atoms with Gasteiger partial charge in [-0.1, -0.05) is 43.6 Å². The molecule has 0 bridgehead atoms. The molecule has 3 N–H and O–H groups in total. The Hall–Kier alpha value is -3.72. The first-order valence-electron chi connectivity index (χ1n) is 11.9. The van der Waals surface area contributed by atoms with E-state index in [0.29, 0.717) is 29.0 Å². The molecule has 0 saturated heterocycles. The molecule has 0 aromatic heterocycles. The lowest BCUT2D eigenvalue weighted by atomic mass is 10.0. The smallest absolute Gasteiger partial charge is 0.416 e. The third kappa shape index (κ3) is 8.14. The highest BCUT2D eigenvalue weighted by Gasteiger charge is 2.31. The third-order valence-electron chi connectivity index (χ3n) is 5.82. The molecule has 0 aliphatic carbocycles. The second-order valence-corrected chi connectivity index (χ2v) is 9.41. The van der Waals surface area contributed by atoms with Crippen LogP contribution in [0.4, 0.5) is 18.9 Å². The predicted octanol–water partition coefficient (Wildman–Crippen LogP) is 6.75. The van der Waals surface area contributed by atoms with Crippen LogP contribution in [0, 0.1) is 5.92 Å². The Morgan fingerprint density at radius 1 is 1.00 bits per heavy atom. The fourth-order valence-corrected chi connectivity index (χ4v) is 3.85. The maximum absolute atomic E-state index is 12.9. The molecule has 0 fully saturated rings. The summed E-state index contributed by atoms with van der Waals surface area (Å²) in [6.45, 7) is 4.48. The molecule has 0 spiro atoms. The number of ether oxygens (including phenoxy) is 1. The van der Waals surface area contributed by atoms with E-state index in [9.17, 15) is 22.8 Å². The number of amides is 1. The van der Waals surface area contributed by atoms with Crippen LogP contribution in [0.25, 0.3) is 11.1 Å². The number of hydrogen-bond acceptors (Lipinski definition) is 4. The Kier molecular flexibility index (Phi) is 9.63. The van der Waals surface area contributed by atoms with Gasteiger partial charge in [0, 0.05) is 28.4 Å². The van der Waals surface area contributed by atoms with Crippen LogP contribution in [0.3, 0.4) is 0 Å². The summed E-state index contributed by atoms with van der Waals surface area (Å²) in [6.07, 6.45) is -4.60. The van der Waals surface area contributed by atoms with Crippen molar-refractivity contribution in [2.75, 3.05) is 18.5 Å². The molecule has 6 nitrogen and oxygen atoms in total. The molecule has 3 aromatic carbocycles. The number of benzene rings is 3. The number of carboxylic acids is 1. The van der Waals surface area contributed by atoms with E-state index in [4.69, 9.17) is 21.4 Å². The molecule has 0 radical (unpaired) electrons. The van der Waals surface area contributed by atoms with Crippen molar-refractivity contribution in [3.05, 3.63) is 82.9 Å². The fourth-order valence-electron chi connectivity index (χ4n) is 3.56. The number of aliphatic carboxylic acids is 1. The average Bonchev–Trinajstić information content (AvgIpc) is 2.86. The van der Waals surface area contributed by atoms with Gasteiger partial charge < -0.3 is 20.5 Å². The first kappa shape index (κ1) is 28.8. The first-order chi connectivity index (χ1) is 17.9. The number of carbonyl (C=O) groups excluding carboxylic acids is 1. The van der Waals surface area contributed by atoms with Gasteiger partial charge in [0.25, 0.3) is 5.91 Å². The highest BCUT2D eigenvalue weighted by atomic mass is 35.5. The number of carbonyl (C=O) groups is 2. The lowest BCUT2D eigenvalue weighted by molar-refractivity contribution is -0.138. The molecule has 202 valence electrons. The van der Waals surface area contributed by atoms with Gasteiger partial charge in [-0.05, 0) is 60.0 Å². The lowest BCUT2D eigenvalue weighted by Crippen LogP contribution is -2.32. The summed E-state index contributed by atoms with van der Waals surface area (Å²) in [6, 6.07) is 17.0. The van der Waals surface area contributed by atoms with E-state index >= 15 is 0 Å². The molecule has 10 heteroatoms. The minimum atomic E-state index is -4.46. The predicted molar refractivity (Wildman–Crippen MR) is 141 cm³/mol. The van der Waals surface area contributed by atoms with Gasteiger partial charge in [-0.2, -0.15) is 13.2 Å². The summed E-state index contributed by atoms with van der Waals surface area (Å²) < 4.78 is 44.7. The second kappa shape index (κ2) is 12.7. The second-order valence-electron chi connectivity index (χ2n) is 9.00. The van der Waals surface area contributed by atoms with Crippen molar-refractivity contribution in [3.63, 3.8) is 0 Å². The number of alkyl halides is 3. The van der Waals surface area contributed by atoms with Gasteiger partial charge in [-0.3, -0.25) is 9.59 Å². The zero-order valence-corrected chi connectivity index (χ0v) is 21.6. The number of rotatable bonds is 11. The molecular formula is C28H28ClF3N2O4. The van der Waals surface area contributed by atoms with Crippen LogP contribution in [0.15, 0.2) is 66.7 Å². The molecule has 0 aliphatic rings. The normalized spacial score (nSPS) is 12.2. The number of hydrogen-bond donors (Lipinski definition) is 3. The maximum Gasteiger partial charge on any atom is 0.416 e. The SMILES string of the molecule is CC(C)[C@H](COc1ccc(-c2ccc(C(F)(F)F)cc2Cl)cc1)Nc1ccc(C(=O)NCCC(=O)O)cc1. The standard InChI is InChI=1S/C28H28ClF3N2O4/c1-17(2)25(34-21-8-3-19(4-9-21)27(37)33-14-13-26(35)36)16-38-22-10-5-18(6-11-22)23-12-7-20(15-24(23)29)28(30,31)32/h3-12,15,17,25,34H,13-14,16H2,1-2H3,(H,33,37)(H,35,36)/t25-/m0/s1. The van der Waals surface area contributed by atoms with Crippen molar-refractivity contribution in [3.8, 4) is 16.9 Å². The zero-order valence-electron chi connectivity index (χ0n) is 20.8. The van der Waals surface area contributed by atoms with Crippen LogP contribution in [0.5, 0.6) is 5.75 Å². The van der Waals surface area contributed by atoms with Crippen LogP contribution in [0.1, 0.15) is 36.2 Å². The van der Waals surface area contributed by atoms with Crippen LogP contribution in [-0.4, -0.2) is 36.2 Å². The molecule has 0 heterocycles. The molecule has 3 rings (SSSR count). The Balaban J connectivity index is 1.58. The Labute approximate surface area is 223 Å². The summed E-state index contributed by atoms with van der Waals surface area (Å²) in [5, 5.41) is 14.6. The summed E-state index contributed by atoms with van der Waals surface area (Å²) in [5.74, 6) is -0.523. The number of anilines is 1. The molecule has 1 amide bonds. The summed E-state index contributed by atoms with van der Waals surface area (Å²) in [7, 11) is 0. The molecule has 0 saturated carbocycles. The largest absolute Gasteiger partial charge is 0.491 e. The summed E-state index contributed by atoms with van der Waals surface area (Å²) in [5.41, 5.74) is 1.58. The van der Waals surface area contributed by atoms with Crippen molar-refractivity contribution in [2.45, 2.75) is 32.5 Å². The van der Waals surface area contributed by atoms with E-state index in [1.54, 1.807) is 48.5 Å². The minimum absolute atomic E-state index is 0.0151. The monoisotopic (exact) mass is 548 g/mol. The highest BCUT2D eigenvalue weighted by Crippen LogP contribution is 2.36. The van der Waals surface area contributed by atoms with Gasteiger partial charge in [0.05, 0.1) is 18.0 Å². The van der Waals surface area contributed by atoms with Crippen molar-refractivity contribution < 1.29 is 32.6 Å². The quantitative estimate of drug-likeness (QED) is 0.247. The van der Waals surface area contributed by atoms with E-state index in [1.165, 1.54) is 6.07 Å². The van der Waals surface area contributed by atoms with Gasteiger partial charge in [0.1, 0.15) is 12.4 Å². The van der Waals surface area contributed by atoms with Crippen molar-refractivity contribution in [2.24, 2.45) is 5.92 Å². The van der Waals surface area contributed by atoms with Gasteiger partial charge in [0.15, 0.2) is 0 Å². The Morgan fingerprint density at radius 3 is 2.21 bits per heavy atom. The zero-order chi connectivity index (χ0) is 27.9. The minimum Gasteiger partial charge on any atom is -0.491 e. The van der Waals surface area contributed by atoms with Gasteiger partial charge in [0.2, 0.25) is 0 Å². The van der Waals surface area contributed by atoms with E-state index in [0.717, 1.165) is 17.8 Å². The van der Waals surface area contributed by atoms with Crippen molar-refractivity contribution >= 4 is 29.2 Å². The molecular weight excluding hydrogens is 521 g/mol. The lowest BCUT2D eigenvalue weighted by Gasteiger charge is -2.24. The molecule has 0 unspecified atom stereocenters. The summed E-state index contributed by atoms with van der Waals surface area (Å²) >= 11 is 6.10. The van der Waals surface area contributed by atoms with Crippen LogP contribution in [-0.2, 0) is 11.0 Å². The van der Waals surface area contributed by atoms with Gasteiger partial charge >= 0.3 is 12.1 Å². The molecule has 3 aromatic rings. The average molecular weight is 549 g/mol. The van der Waals surface area contributed by atoms with E-state index in [1.807, 2.05) is 13.8 Å². The van der Waals surface area contributed by atoms with Crippen molar-refractivity contribution in [1.82, 2.24) is 5.32 Å². The maximum atomic E-state index is 12.9. The number of halogens is 4. The van der Waals surface area contributed by atoms with Gasteiger partial charge in [-0.25, -0.2) is 0 Å². The van der Waals surface area contributed by atoms with Crippen LogP contribution in [0.2, 0.25) is 5.02 Å². The van der Waals surface area contributed by atoms with Crippen LogP contribution >= 0.6 is 11.6 Å². The molecule has 38 heavy (non-hydrogen) atoms. The van der Waals surface area contributed by atoms with E-state index in [-0.39, 0.29) is 35.9 Å². The first-order valence-corrected chi connectivity index (χ1v) is 12.3. The number of nitrogens with one attached hydrogen (secondary N) is 2. The molecule has 1 atom stereocenters. The topological polar surface area (TPSA) is 87.7 Å². The fraction of sp³-hybridized carbons (Fsp3) is 0.286.